The zero-order valence-electron chi connectivity index (χ0n) is 12.6. The van der Waals surface area contributed by atoms with Gasteiger partial charge < -0.3 is 10.5 Å². The maximum absolute atomic E-state index is 5.85. The van der Waals surface area contributed by atoms with Crippen LogP contribution in [0.2, 0.25) is 0 Å². The summed E-state index contributed by atoms with van der Waals surface area (Å²) in [4.78, 5) is 0. The Morgan fingerprint density at radius 3 is 2.33 bits per heavy atom. The lowest BCUT2D eigenvalue weighted by molar-refractivity contribution is 0.397. The first-order valence-electron chi connectivity index (χ1n) is 6.69. The molecule has 0 aliphatic heterocycles. The number of hydrogen-bond acceptors (Lipinski definition) is 2. The predicted octanol–water partition coefficient (Wildman–Crippen LogP) is 3.58. The number of hydrogen-bond donors (Lipinski definition) is 1. The van der Waals surface area contributed by atoms with Crippen LogP contribution in [0.5, 0.6) is 5.75 Å². The summed E-state index contributed by atoms with van der Waals surface area (Å²) in [5.41, 5.74) is 9.90. The van der Waals surface area contributed by atoms with Crippen LogP contribution in [0.25, 0.3) is 0 Å². The average Bonchev–Trinajstić information content (AvgIpc) is 2.25. The topological polar surface area (TPSA) is 35.2 Å². The molecule has 102 valence electrons. The minimum absolute atomic E-state index is 0.0993. The molecule has 0 aromatic heterocycles. The van der Waals surface area contributed by atoms with Crippen molar-refractivity contribution in [1.29, 1.82) is 0 Å². The SMILES string of the molecule is COc1cc(C)c(CCC(C)N)cc1C(C)(C)C. The molecule has 1 unspecified atom stereocenters. The number of benzene rings is 1. The molecule has 2 heteroatoms. The Hall–Kier alpha value is -1.02. The molecule has 1 aromatic rings. The van der Waals surface area contributed by atoms with E-state index in [4.69, 9.17) is 10.5 Å². The average molecular weight is 249 g/mol. The van der Waals surface area contributed by atoms with Crippen LogP contribution in [0.15, 0.2) is 12.1 Å². The first-order valence-corrected chi connectivity index (χ1v) is 6.69. The Labute approximate surface area is 112 Å². The number of nitrogens with two attached hydrogens (primary N) is 1. The zero-order valence-corrected chi connectivity index (χ0v) is 12.6. The smallest absolute Gasteiger partial charge is 0.122 e. The van der Waals surface area contributed by atoms with E-state index in [0.717, 1.165) is 18.6 Å². The van der Waals surface area contributed by atoms with Crippen LogP contribution in [0.3, 0.4) is 0 Å². The molecule has 1 atom stereocenters. The lowest BCUT2D eigenvalue weighted by Gasteiger charge is -2.24. The minimum atomic E-state index is 0.0993. The van der Waals surface area contributed by atoms with Crippen LogP contribution in [0, 0.1) is 6.92 Å². The Balaban J connectivity index is 3.13. The largest absolute Gasteiger partial charge is 0.496 e. The third kappa shape index (κ3) is 3.74. The van der Waals surface area contributed by atoms with E-state index in [1.165, 1.54) is 16.7 Å². The summed E-state index contributed by atoms with van der Waals surface area (Å²) in [5, 5.41) is 0. The van der Waals surface area contributed by atoms with E-state index in [1.54, 1.807) is 7.11 Å². The van der Waals surface area contributed by atoms with Crippen molar-refractivity contribution >= 4 is 0 Å². The standard InChI is InChI=1S/C16H27NO/c1-11-9-15(18-6)14(16(3,4)5)10-13(11)8-7-12(2)17/h9-10,12H,7-8,17H2,1-6H3. The van der Waals surface area contributed by atoms with E-state index >= 15 is 0 Å². The van der Waals surface area contributed by atoms with Crippen LogP contribution in [0.1, 0.15) is 50.8 Å². The molecule has 0 bridgehead atoms. The van der Waals surface area contributed by atoms with Crippen molar-refractivity contribution in [3.8, 4) is 5.75 Å². The fourth-order valence-electron chi connectivity index (χ4n) is 2.13. The summed E-state index contributed by atoms with van der Waals surface area (Å²) in [6.07, 6.45) is 2.06. The van der Waals surface area contributed by atoms with Crippen molar-refractivity contribution in [2.24, 2.45) is 5.73 Å². The van der Waals surface area contributed by atoms with Gasteiger partial charge in [-0.05, 0) is 54.9 Å². The van der Waals surface area contributed by atoms with Gasteiger partial charge in [0.25, 0.3) is 0 Å². The van der Waals surface area contributed by atoms with E-state index in [2.05, 4.69) is 46.8 Å². The summed E-state index contributed by atoms with van der Waals surface area (Å²) in [6, 6.07) is 4.69. The molecule has 18 heavy (non-hydrogen) atoms. The third-order valence-corrected chi connectivity index (χ3v) is 3.34. The van der Waals surface area contributed by atoms with Crippen molar-refractivity contribution in [2.75, 3.05) is 7.11 Å². The van der Waals surface area contributed by atoms with Gasteiger partial charge in [-0.2, -0.15) is 0 Å². The maximum atomic E-state index is 5.85. The van der Waals surface area contributed by atoms with E-state index in [0.29, 0.717) is 0 Å². The van der Waals surface area contributed by atoms with E-state index < -0.39 is 0 Å². The van der Waals surface area contributed by atoms with Gasteiger partial charge in [-0.15, -0.1) is 0 Å². The quantitative estimate of drug-likeness (QED) is 0.885. The van der Waals surface area contributed by atoms with Gasteiger partial charge in [-0.1, -0.05) is 26.8 Å². The van der Waals surface area contributed by atoms with Crippen LogP contribution in [0.4, 0.5) is 0 Å². The van der Waals surface area contributed by atoms with Gasteiger partial charge in [0.05, 0.1) is 7.11 Å². The molecule has 1 rings (SSSR count). The summed E-state index contributed by atoms with van der Waals surface area (Å²) in [7, 11) is 1.74. The molecule has 2 N–H and O–H groups in total. The molecule has 0 radical (unpaired) electrons. The molecule has 1 aromatic carbocycles. The van der Waals surface area contributed by atoms with E-state index in [1.807, 2.05) is 0 Å². The van der Waals surface area contributed by atoms with Gasteiger partial charge in [-0.3, -0.25) is 0 Å². The van der Waals surface area contributed by atoms with Gasteiger partial charge in [0, 0.05) is 6.04 Å². The molecule has 2 nitrogen and oxygen atoms in total. The summed E-state index contributed by atoms with van der Waals surface area (Å²) < 4.78 is 5.51. The van der Waals surface area contributed by atoms with Crippen LogP contribution in [-0.4, -0.2) is 13.2 Å². The highest BCUT2D eigenvalue weighted by Gasteiger charge is 2.20. The highest BCUT2D eigenvalue weighted by atomic mass is 16.5. The molecule has 0 aliphatic rings. The first-order chi connectivity index (χ1) is 8.25. The lowest BCUT2D eigenvalue weighted by atomic mass is 9.83. The number of methoxy groups -OCH3 is 1. The summed E-state index contributed by atoms with van der Waals surface area (Å²) in [6.45, 7) is 10.9. The molecule has 0 fully saturated rings. The van der Waals surface area contributed by atoms with Crippen molar-refractivity contribution < 1.29 is 4.74 Å². The lowest BCUT2D eigenvalue weighted by Crippen LogP contribution is -2.17. The highest BCUT2D eigenvalue weighted by molar-refractivity contribution is 5.45. The third-order valence-electron chi connectivity index (χ3n) is 3.34. The van der Waals surface area contributed by atoms with Crippen molar-refractivity contribution in [1.82, 2.24) is 0 Å². The van der Waals surface area contributed by atoms with Gasteiger partial charge in [0.15, 0.2) is 0 Å². The maximum Gasteiger partial charge on any atom is 0.122 e. The van der Waals surface area contributed by atoms with Gasteiger partial charge >= 0.3 is 0 Å². The fraction of sp³-hybridized carbons (Fsp3) is 0.625. The molecular weight excluding hydrogens is 222 g/mol. The summed E-state index contributed by atoms with van der Waals surface area (Å²) in [5.74, 6) is 0.990. The van der Waals surface area contributed by atoms with Crippen LogP contribution in [-0.2, 0) is 11.8 Å². The second-order valence-corrected chi connectivity index (χ2v) is 6.24. The highest BCUT2D eigenvalue weighted by Crippen LogP contribution is 2.34. The molecule has 0 saturated heterocycles. The van der Waals surface area contributed by atoms with Crippen molar-refractivity contribution in [3.63, 3.8) is 0 Å². The number of rotatable bonds is 4. The molecule has 0 heterocycles. The van der Waals surface area contributed by atoms with E-state index in [9.17, 15) is 0 Å². The molecule has 0 spiro atoms. The van der Waals surface area contributed by atoms with Gasteiger partial charge in [0.1, 0.15) is 5.75 Å². The van der Waals surface area contributed by atoms with Crippen molar-refractivity contribution in [3.05, 3.63) is 28.8 Å². The molecule has 0 amide bonds. The minimum Gasteiger partial charge on any atom is -0.496 e. The monoisotopic (exact) mass is 249 g/mol. The number of ether oxygens (including phenoxy) is 1. The second kappa shape index (κ2) is 5.75. The Morgan fingerprint density at radius 1 is 1.28 bits per heavy atom. The van der Waals surface area contributed by atoms with Crippen LogP contribution >= 0.6 is 0 Å². The molecular formula is C16H27NO. The predicted molar refractivity (Wildman–Crippen MR) is 78.4 cm³/mol. The Morgan fingerprint density at radius 2 is 1.89 bits per heavy atom. The fourth-order valence-corrected chi connectivity index (χ4v) is 2.13. The first kappa shape index (κ1) is 15.0. The van der Waals surface area contributed by atoms with Crippen molar-refractivity contribution in [2.45, 2.75) is 58.9 Å². The Bertz CT molecular complexity index is 402. The molecule has 0 aliphatic carbocycles. The normalized spacial score (nSPS) is 13.5. The van der Waals surface area contributed by atoms with Crippen LogP contribution < -0.4 is 10.5 Å². The second-order valence-electron chi connectivity index (χ2n) is 6.24. The molecule has 0 saturated carbocycles. The Kier molecular flexibility index (Phi) is 4.80. The zero-order chi connectivity index (χ0) is 13.9. The van der Waals surface area contributed by atoms with E-state index in [-0.39, 0.29) is 11.5 Å². The van der Waals surface area contributed by atoms with Gasteiger partial charge in [-0.25, -0.2) is 0 Å². The summed E-state index contributed by atoms with van der Waals surface area (Å²) >= 11 is 0. The number of aryl methyl sites for hydroxylation is 2. The van der Waals surface area contributed by atoms with Gasteiger partial charge in [0.2, 0.25) is 0 Å².